The summed E-state index contributed by atoms with van der Waals surface area (Å²) in [6.07, 6.45) is 1.44. The molecule has 1 aromatic heterocycles. The van der Waals surface area contributed by atoms with E-state index in [1.165, 1.54) is 10.9 Å². The Morgan fingerprint density at radius 1 is 1.37 bits per heavy atom. The summed E-state index contributed by atoms with van der Waals surface area (Å²) < 4.78 is 7.03. The molecule has 5 nitrogen and oxygen atoms in total. The maximum absolute atomic E-state index is 11.3. The Labute approximate surface area is 111 Å². The highest BCUT2D eigenvalue weighted by atomic mass is 16.5. The zero-order valence-electron chi connectivity index (χ0n) is 10.9. The first-order chi connectivity index (χ1) is 9.08. The van der Waals surface area contributed by atoms with Crippen LogP contribution >= 0.6 is 0 Å². The van der Waals surface area contributed by atoms with E-state index in [4.69, 9.17) is 4.74 Å². The molecule has 2 rings (SSSR count). The molecular weight excluding hydrogens is 244 g/mol. The van der Waals surface area contributed by atoms with Crippen molar-refractivity contribution in [2.75, 3.05) is 0 Å². The summed E-state index contributed by atoms with van der Waals surface area (Å²) in [5.74, 6) is 0.125. The maximum Gasteiger partial charge on any atom is 0.358 e. The Kier molecular flexibility index (Phi) is 3.85. The molecule has 5 heteroatoms. The highest BCUT2D eigenvalue weighted by Gasteiger charge is 2.20. The molecule has 0 atom stereocenters. The lowest BCUT2D eigenvalue weighted by Crippen LogP contribution is -2.14. The van der Waals surface area contributed by atoms with Crippen LogP contribution in [0.4, 0.5) is 0 Å². The zero-order valence-corrected chi connectivity index (χ0v) is 10.9. The van der Waals surface area contributed by atoms with Gasteiger partial charge in [0, 0.05) is 6.54 Å². The Balaban J connectivity index is 2.30. The van der Waals surface area contributed by atoms with E-state index in [1.807, 2.05) is 32.0 Å². The minimum Gasteiger partial charge on any atom is -0.476 e. The van der Waals surface area contributed by atoms with Crippen molar-refractivity contribution in [1.82, 2.24) is 9.78 Å². The quantitative estimate of drug-likeness (QED) is 0.897. The van der Waals surface area contributed by atoms with Gasteiger partial charge in [-0.25, -0.2) is 4.79 Å². The fourth-order valence-corrected chi connectivity index (χ4v) is 1.76. The van der Waals surface area contributed by atoms with Gasteiger partial charge in [-0.2, -0.15) is 5.10 Å². The normalized spacial score (nSPS) is 10.7. The summed E-state index contributed by atoms with van der Waals surface area (Å²) >= 11 is 0. The largest absolute Gasteiger partial charge is 0.476 e. The first-order valence-electron chi connectivity index (χ1n) is 6.10. The van der Waals surface area contributed by atoms with Crippen molar-refractivity contribution in [3.05, 3.63) is 42.2 Å². The van der Waals surface area contributed by atoms with Crippen LogP contribution in [-0.2, 0) is 6.54 Å². The van der Waals surface area contributed by atoms with Crippen LogP contribution in [0.2, 0.25) is 0 Å². The molecule has 100 valence electrons. The standard InChI is InChI=1S/C14H16N2O3/c1-10(2)9-16-13(14(17)18)12(8-15-16)19-11-6-4-3-5-7-11/h3-8,10H,9H2,1-2H3,(H,17,18). The summed E-state index contributed by atoms with van der Waals surface area (Å²) in [5.41, 5.74) is 0.0811. The molecule has 1 heterocycles. The van der Waals surface area contributed by atoms with Crippen LogP contribution in [0, 0.1) is 5.92 Å². The number of nitrogens with zero attached hydrogens (tertiary/aromatic N) is 2. The molecule has 0 fully saturated rings. The Hall–Kier alpha value is -2.30. The molecule has 0 aliphatic heterocycles. The third kappa shape index (κ3) is 3.13. The van der Waals surface area contributed by atoms with E-state index in [9.17, 15) is 9.90 Å². The molecular formula is C14H16N2O3. The smallest absolute Gasteiger partial charge is 0.358 e. The summed E-state index contributed by atoms with van der Waals surface area (Å²) in [6, 6.07) is 9.06. The summed E-state index contributed by atoms with van der Waals surface area (Å²) in [6.45, 7) is 4.55. The third-order valence-electron chi connectivity index (χ3n) is 2.52. The average Bonchev–Trinajstić information content (AvgIpc) is 2.72. The van der Waals surface area contributed by atoms with E-state index in [1.54, 1.807) is 12.1 Å². The number of ether oxygens (including phenoxy) is 1. The highest BCUT2D eigenvalue weighted by molar-refractivity contribution is 5.88. The van der Waals surface area contributed by atoms with Gasteiger partial charge in [-0.05, 0) is 18.1 Å². The van der Waals surface area contributed by atoms with Crippen LogP contribution in [-0.4, -0.2) is 20.9 Å². The van der Waals surface area contributed by atoms with Gasteiger partial charge in [0.1, 0.15) is 5.75 Å². The average molecular weight is 260 g/mol. The number of rotatable bonds is 5. The summed E-state index contributed by atoms with van der Waals surface area (Å²) in [4.78, 5) is 11.3. The molecule has 0 saturated carbocycles. The van der Waals surface area contributed by atoms with E-state index < -0.39 is 5.97 Å². The van der Waals surface area contributed by atoms with Crippen molar-refractivity contribution in [3.8, 4) is 11.5 Å². The van der Waals surface area contributed by atoms with Gasteiger partial charge < -0.3 is 9.84 Å². The minimum atomic E-state index is -1.04. The monoisotopic (exact) mass is 260 g/mol. The Morgan fingerprint density at radius 2 is 2.05 bits per heavy atom. The molecule has 0 aliphatic rings. The first-order valence-corrected chi connectivity index (χ1v) is 6.10. The second-order valence-corrected chi connectivity index (χ2v) is 4.65. The number of hydrogen-bond acceptors (Lipinski definition) is 3. The molecule has 1 aromatic carbocycles. The summed E-state index contributed by atoms with van der Waals surface area (Å²) in [7, 11) is 0. The predicted molar refractivity (Wildman–Crippen MR) is 70.5 cm³/mol. The van der Waals surface area contributed by atoms with Crippen molar-refractivity contribution < 1.29 is 14.6 Å². The van der Waals surface area contributed by atoms with Gasteiger partial charge >= 0.3 is 5.97 Å². The number of aromatic carboxylic acids is 1. The fraction of sp³-hybridized carbons (Fsp3) is 0.286. The van der Waals surface area contributed by atoms with Gasteiger partial charge in [0.05, 0.1) is 6.20 Å². The molecule has 0 aliphatic carbocycles. The minimum absolute atomic E-state index is 0.0811. The van der Waals surface area contributed by atoms with Crippen molar-refractivity contribution in [2.45, 2.75) is 20.4 Å². The molecule has 0 bridgehead atoms. The van der Waals surface area contributed by atoms with Gasteiger partial charge in [0.15, 0.2) is 11.4 Å². The molecule has 0 radical (unpaired) electrons. The second kappa shape index (κ2) is 5.56. The first kappa shape index (κ1) is 13.1. The highest BCUT2D eigenvalue weighted by Crippen LogP contribution is 2.25. The predicted octanol–water partition coefficient (Wildman–Crippen LogP) is 3.03. The zero-order chi connectivity index (χ0) is 13.8. The number of aromatic nitrogens is 2. The lowest BCUT2D eigenvalue weighted by molar-refractivity contribution is 0.0679. The Morgan fingerprint density at radius 3 is 2.63 bits per heavy atom. The van der Waals surface area contributed by atoms with E-state index >= 15 is 0 Å². The third-order valence-corrected chi connectivity index (χ3v) is 2.52. The van der Waals surface area contributed by atoms with Crippen molar-refractivity contribution in [1.29, 1.82) is 0 Å². The van der Waals surface area contributed by atoms with Gasteiger partial charge in [0.2, 0.25) is 0 Å². The SMILES string of the molecule is CC(C)Cn1ncc(Oc2ccccc2)c1C(=O)O. The fourth-order valence-electron chi connectivity index (χ4n) is 1.76. The van der Waals surface area contributed by atoms with Gasteiger partial charge in [0.25, 0.3) is 0 Å². The topological polar surface area (TPSA) is 64.4 Å². The lowest BCUT2D eigenvalue weighted by Gasteiger charge is -2.08. The molecule has 1 N–H and O–H groups in total. The van der Waals surface area contributed by atoms with Crippen LogP contribution in [0.25, 0.3) is 0 Å². The van der Waals surface area contributed by atoms with Crippen molar-refractivity contribution in [2.24, 2.45) is 5.92 Å². The lowest BCUT2D eigenvalue weighted by atomic mass is 10.2. The van der Waals surface area contributed by atoms with E-state index in [0.717, 1.165) is 0 Å². The molecule has 2 aromatic rings. The second-order valence-electron chi connectivity index (χ2n) is 4.65. The molecule has 0 saturated heterocycles. The number of carboxylic acids is 1. The number of carboxylic acid groups (broad SMARTS) is 1. The van der Waals surface area contributed by atoms with E-state index in [-0.39, 0.29) is 11.4 Å². The molecule has 0 unspecified atom stereocenters. The van der Waals surface area contributed by atoms with Crippen molar-refractivity contribution in [3.63, 3.8) is 0 Å². The van der Waals surface area contributed by atoms with Crippen LogP contribution < -0.4 is 4.74 Å². The summed E-state index contributed by atoms with van der Waals surface area (Å²) in [5, 5.41) is 13.4. The van der Waals surface area contributed by atoms with Crippen LogP contribution in [0.3, 0.4) is 0 Å². The van der Waals surface area contributed by atoms with Gasteiger partial charge in [-0.15, -0.1) is 0 Å². The van der Waals surface area contributed by atoms with Crippen LogP contribution in [0.1, 0.15) is 24.3 Å². The van der Waals surface area contributed by atoms with E-state index in [0.29, 0.717) is 18.2 Å². The maximum atomic E-state index is 11.3. The number of para-hydroxylation sites is 1. The number of hydrogen-bond donors (Lipinski definition) is 1. The van der Waals surface area contributed by atoms with Crippen molar-refractivity contribution >= 4 is 5.97 Å². The van der Waals surface area contributed by atoms with Gasteiger partial charge in [-0.3, -0.25) is 4.68 Å². The molecule has 0 amide bonds. The molecule has 19 heavy (non-hydrogen) atoms. The van der Waals surface area contributed by atoms with E-state index in [2.05, 4.69) is 5.10 Å². The molecule has 0 spiro atoms. The van der Waals surface area contributed by atoms with Crippen LogP contribution in [0.5, 0.6) is 11.5 Å². The number of benzene rings is 1. The Bertz CT molecular complexity index is 561. The van der Waals surface area contributed by atoms with Gasteiger partial charge in [-0.1, -0.05) is 32.0 Å². The number of carbonyl (C=O) groups is 1. The van der Waals surface area contributed by atoms with Crippen LogP contribution in [0.15, 0.2) is 36.5 Å².